The van der Waals surface area contributed by atoms with Crippen LogP contribution in [-0.2, 0) is 9.59 Å². The number of nitrogens with one attached hydrogen (secondary N) is 2. The molecule has 0 saturated heterocycles. The molecule has 2 amide bonds. The van der Waals surface area contributed by atoms with Crippen molar-refractivity contribution in [1.29, 1.82) is 0 Å². The summed E-state index contributed by atoms with van der Waals surface area (Å²) in [6.45, 7) is 8.04. The Balaban J connectivity index is 1.58. The zero-order chi connectivity index (χ0) is 21.2. The third kappa shape index (κ3) is 7.58. The van der Waals surface area contributed by atoms with Gasteiger partial charge in [0.15, 0.2) is 0 Å². The lowest BCUT2D eigenvalue weighted by Crippen LogP contribution is -2.14. The fraction of sp³-hybridized carbons (Fsp3) is 0.417. The molecule has 0 aliphatic carbocycles. The number of hydrogen-bond acceptors (Lipinski definition) is 3. The van der Waals surface area contributed by atoms with Gasteiger partial charge in [-0.1, -0.05) is 36.4 Å². The van der Waals surface area contributed by atoms with Crippen LogP contribution in [0.1, 0.15) is 47.9 Å². The molecule has 5 heteroatoms. The van der Waals surface area contributed by atoms with Gasteiger partial charge in [-0.05, 0) is 74.3 Å². The molecular weight excluding hydrogens is 380 g/mol. The van der Waals surface area contributed by atoms with Crippen molar-refractivity contribution in [2.45, 2.75) is 53.4 Å². The van der Waals surface area contributed by atoms with Crippen molar-refractivity contribution in [3.63, 3.8) is 0 Å². The molecule has 0 saturated carbocycles. The molecule has 29 heavy (non-hydrogen) atoms. The third-order valence-corrected chi connectivity index (χ3v) is 6.03. The van der Waals surface area contributed by atoms with E-state index in [1.54, 1.807) is 11.8 Å². The van der Waals surface area contributed by atoms with Gasteiger partial charge in [-0.15, -0.1) is 0 Å². The Morgan fingerprint density at radius 1 is 0.690 bits per heavy atom. The molecule has 0 radical (unpaired) electrons. The molecule has 156 valence electrons. The largest absolute Gasteiger partial charge is 0.326 e. The first kappa shape index (κ1) is 23.0. The smallest absolute Gasteiger partial charge is 0.224 e. The zero-order valence-electron chi connectivity index (χ0n) is 17.9. The molecule has 0 bridgehead atoms. The van der Waals surface area contributed by atoms with Crippen molar-refractivity contribution in [3.8, 4) is 0 Å². The highest BCUT2D eigenvalue weighted by Gasteiger charge is 2.08. The first-order chi connectivity index (χ1) is 13.9. The third-order valence-electron chi connectivity index (χ3n) is 4.88. The van der Waals surface area contributed by atoms with Gasteiger partial charge < -0.3 is 10.6 Å². The fourth-order valence-corrected chi connectivity index (χ4v) is 4.10. The van der Waals surface area contributed by atoms with Gasteiger partial charge in [-0.2, -0.15) is 11.8 Å². The van der Waals surface area contributed by atoms with Crippen LogP contribution < -0.4 is 10.6 Å². The number of hydrogen-bond donors (Lipinski definition) is 2. The Labute approximate surface area is 178 Å². The minimum atomic E-state index is 0.0657. The first-order valence-corrected chi connectivity index (χ1v) is 11.3. The summed E-state index contributed by atoms with van der Waals surface area (Å²) >= 11 is 1.80. The van der Waals surface area contributed by atoms with Gasteiger partial charge in [0.25, 0.3) is 0 Å². The second-order valence-corrected chi connectivity index (χ2v) is 8.67. The SMILES string of the molecule is Cc1cccc(C)c1NC(=O)CCCSCCCC(=O)Nc1c(C)cccc1C. The molecule has 2 N–H and O–H groups in total. The van der Waals surface area contributed by atoms with E-state index in [4.69, 9.17) is 0 Å². The summed E-state index contributed by atoms with van der Waals surface area (Å²) < 4.78 is 0. The van der Waals surface area contributed by atoms with Crippen LogP contribution >= 0.6 is 11.8 Å². The molecule has 0 aliphatic heterocycles. The summed E-state index contributed by atoms with van der Waals surface area (Å²) in [4.78, 5) is 24.3. The normalized spacial score (nSPS) is 10.6. The number of anilines is 2. The molecule has 2 aromatic rings. The highest BCUT2D eigenvalue weighted by atomic mass is 32.2. The number of aryl methyl sites for hydroxylation is 4. The van der Waals surface area contributed by atoms with Crippen LogP contribution in [0.3, 0.4) is 0 Å². The van der Waals surface area contributed by atoms with Gasteiger partial charge in [-0.25, -0.2) is 0 Å². The molecule has 2 aromatic carbocycles. The molecule has 0 heterocycles. The van der Waals surface area contributed by atoms with Gasteiger partial charge >= 0.3 is 0 Å². The molecule has 0 aliphatic rings. The van der Waals surface area contributed by atoms with E-state index in [1.165, 1.54) is 0 Å². The van der Waals surface area contributed by atoms with E-state index >= 15 is 0 Å². The lowest BCUT2D eigenvalue weighted by molar-refractivity contribution is -0.117. The van der Waals surface area contributed by atoms with Crippen LogP contribution in [0.5, 0.6) is 0 Å². The summed E-state index contributed by atoms with van der Waals surface area (Å²) in [6.07, 6.45) is 2.73. The Hall–Kier alpha value is -2.27. The van der Waals surface area contributed by atoms with Gasteiger partial charge in [-0.3, -0.25) is 9.59 Å². The van der Waals surface area contributed by atoms with Crippen LogP contribution in [-0.4, -0.2) is 23.3 Å². The molecule has 0 spiro atoms. The van der Waals surface area contributed by atoms with E-state index in [1.807, 2.05) is 64.1 Å². The average molecular weight is 413 g/mol. The van der Waals surface area contributed by atoms with Crippen molar-refractivity contribution in [3.05, 3.63) is 58.7 Å². The highest BCUT2D eigenvalue weighted by Crippen LogP contribution is 2.21. The van der Waals surface area contributed by atoms with E-state index in [-0.39, 0.29) is 11.8 Å². The summed E-state index contributed by atoms with van der Waals surface area (Å²) in [5, 5.41) is 6.05. The Bertz CT molecular complexity index is 739. The molecular formula is C24H32N2O2S. The molecule has 0 fully saturated rings. The maximum absolute atomic E-state index is 12.2. The predicted molar refractivity (Wildman–Crippen MR) is 125 cm³/mol. The van der Waals surface area contributed by atoms with Gasteiger partial charge in [0.2, 0.25) is 11.8 Å². The number of thioether (sulfide) groups is 1. The summed E-state index contributed by atoms with van der Waals surface area (Å²) in [7, 11) is 0. The molecule has 4 nitrogen and oxygen atoms in total. The quantitative estimate of drug-likeness (QED) is 0.486. The second kappa shape index (κ2) is 11.7. The van der Waals surface area contributed by atoms with Crippen molar-refractivity contribution >= 4 is 35.0 Å². The van der Waals surface area contributed by atoms with E-state index in [9.17, 15) is 9.59 Å². The van der Waals surface area contributed by atoms with E-state index in [0.29, 0.717) is 12.8 Å². The second-order valence-electron chi connectivity index (χ2n) is 7.45. The topological polar surface area (TPSA) is 58.2 Å². The van der Waals surface area contributed by atoms with Crippen molar-refractivity contribution in [1.82, 2.24) is 0 Å². The van der Waals surface area contributed by atoms with E-state index < -0.39 is 0 Å². The molecule has 0 atom stereocenters. The van der Waals surface area contributed by atoms with Crippen LogP contribution in [0.2, 0.25) is 0 Å². The standard InChI is InChI=1S/C24H32N2O2S/c1-17-9-5-10-18(2)23(17)25-21(27)13-7-15-29-16-8-14-22(28)26-24-19(3)11-6-12-20(24)4/h5-6,9-12H,7-8,13-16H2,1-4H3,(H,25,27)(H,26,28). The summed E-state index contributed by atoms with van der Waals surface area (Å²) in [5.74, 6) is 1.99. The predicted octanol–water partition coefficient (Wildman–Crippen LogP) is 5.79. The van der Waals surface area contributed by atoms with E-state index in [0.717, 1.165) is 58.0 Å². The van der Waals surface area contributed by atoms with Gasteiger partial charge in [0.05, 0.1) is 0 Å². The number of para-hydroxylation sites is 2. The first-order valence-electron chi connectivity index (χ1n) is 10.2. The zero-order valence-corrected chi connectivity index (χ0v) is 18.7. The highest BCUT2D eigenvalue weighted by molar-refractivity contribution is 7.99. The lowest BCUT2D eigenvalue weighted by Gasteiger charge is -2.11. The number of amides is 2. The van der Waals surface area contributed by atoms with Gasteiger partial charge in [0.1, 0.15) is 0 Å². The van der Waals surface area contributed by atoms with Crippen LogP contribution in [0.15, 0.2) is 36.4 Å². The maximum Gasteiger partial charge on any atom is 0.224 e. The van der Waals surface area contributed by atoms with E-state index in [2.05, 4.69) is 10.6 Å². The fourth-order valence-electron chi connectivity index (χ4n) is 3.20. The molecule has 2 rings (SSSR count). The molecule has 0 aromatic heterocycles. The average Bonchev–Trinajstić information content (AvgIpc) is 2.67. The van der Waals surface area contributed by atoms with Crippen molar-refractivity contribution < 1.29 is 9.59 Å². The van der Waals surface area contributed by atoms with Gasteiger partial charge in [0, 0.05) is 24.2 Å². The van der Waals surface area contributed by atoms with Crippen molar-refractivity contribution in [2.24, 2.45) is 0 Å². The van der Waals surface area contributed by atoms with Crippen LogP contribution in [0.4, 0.5) is 11.4 Å². The Morgan fingerprint density at radius 3 is 1.38 bits per heavy atom. The summed E-state index contributed by atoms with van der Waals surface area (Å²) in [5.41, 5.74) is 6.22. The minimum Gasteiger partial charge on any atom is -0.326 e. The maximum atomic E-state index is 12.2. The monoisotopic (exact) mass is 412 g/mol. The number of carbonyl (C=O) groups excluding carboxylic acids is 2. The number of rotatable bonds is 10. The number of carbonyl (C=O) groups is 2. The minimum absolute atomic E-state index is 0.0657. The number of benzene rings is 2. The molecule has 0 unspecified atom stereocenters. The summed E-state index contributed by atoms with van der Waals surface area (Å²) in [6, 6.07) is 12.0. The lowest BCUT2D eigenvalue weighted by atomic mass is 10.1. The van der Waals surface area contributed by atoms with Crippen LogP contribution in [0.25, 0.3) is 0 Å². The Morgan fingerprint density at radius 2 is 1.03 bits per heavy atom. The van der Waals surface area contributed by atoms with Crippen molar-refractivity contribution in [2.75, 3.05) is 22.1 Å². The van der Waals surface area contributed by atoms with Crippen LogP contribution in [0, 0.1) is 27.7 Å². The Kier molecular flexibility index (Phi) is 9.26.